The number of allylic oxidation sites excluding steroid dienone is 1. The Hall–Kier alpha value is -2.61. The fourth-order valence-corrected chi connectivity index (χ4v) is 3.51. The maximum Gasteiger partial charge on any atom is 0.140 e. The number of aromatic nitrogens is 4. The van der Waals surface area contributed by atoms with Gasteiger partial charge in [-0.25, -0.2) is 10.8 Å². The van der Waals surface area contributed by atoms with Crippen LogP contribution in [0.2, 0.25) is 0 Å². The van der Waals surface area contributed by atoms with Gasteiger partial charge in [0.25, 0.3) is 0 Å². The van der Waals surface area contributed by atoms with Crippen LogP contribution in [0.3, 0.4) is 0 Å². The summed E-state index contributed by atoms with van der Waals surface area (Å²) in [7, 11) is 1.75. The first-order valence-electron chi connectivity index (χ1n) is 10.4. The van der Waals surface area contributed by atoms with Crippen molar-refractivity contribution in [2.75, 3.05) is 7.05 Å². The van der Waals surface area contributed by atoms with E-state index in [2.05, 4.69) is 29.0 Å². The van der Waals surface area contributed by atoms with Crippen LogP contribution in [-0.2, 0) is 6.54 Å². The zero-order valence-corrected chi connectivity index (χ0v) is 17.9. The van der Waals surface area contributed by atoms with E-state index in [1.54, 1.807) is 18.0 Å². The van der Waals surface area contributed by atoms with Gasteiger partial charge in [0.2, 0.25) is 0 Å². The summed E-state index contributed by atoms with van der Waals surface area (Å²) in [6.07, 6.45) is 8.05. The van der Waals surface area contributed by atoms with Gasteiger partial charge >= 0.3 is 0 Å². The molecule has 0 amide bonds. The maximum absolute atomic E-state index is 6.44. The Bertz CT molecular complexity index is 850. The van der Waals surface area contributed by atoms with Gasteiger partial charge in [0.15, 0.2) is 0 Å². The third-order valence-corrected chi connectivity index (χ3v) is 5.33. The molecule has 0 spiro atoms. The van der Waals surface area contributed by atoms with Gasteiger partial charge in [-0.15, -0.1) is 0 Å². The molecule has 2 aromatic heterocycles. The molecule has 0 bridgehead atoms. The molecule has 0 aliphatic heterocycles. The van der Waals surface area contributed by atoms with Gasteiger partial charge in [-0.05, 0) is 50.7 Å². The minimum Gasteiger partial charge on any atom is -0.489 e. The molecule has 158 valence electrons. The lowest BCUT2D eigenvalue weighted by atomic mass is 9.98. The van der Waals surface area contributed by atoms with Gasteiger partial charge in [-0.3, -0.25) is 0 Å². The number of pyridine rings is 1. The van der Waals surface area contributed by atoms with Crippen LogP contribution in [-0.4, -0.2) is 38.1 Å². The van der Waals surface area contributed by atoms with Crippen molar-refractivity contribution in [3.05, 3.63) is 41.1 Å². The monoisotopic (exact) mass is 399 g/mol. The Morgan fingerprint density at radius 2 is 2.00 bits per heavy atom. The van der Waals surface area contributed by atoms with E-state index in [1.807, 2.05) is 19.1 Å². The molecule has 1 saturated carbocycles. The van der Waals surface area contributed by atoms with Crippen LogP contribution in [0.5, 0.6) is 5.75 Å². The van der Waals surface area contributed by atoms with E-state index >= 15 is 0 Å². The first-order valence-corrected chi connectivity index (χ1v) is 10.4. The van der Waals surface area contributed by atoms with Crippen molar-refractivity contribution in [2.45, 2.75) is 71.4 Å². The van der Waals surface area contributed by atoms with Crippen molar-refractivity contribution >= 4 is 5.70 Å². The molecule has 29 heavy (non-hydrogen) atoms. The number of nitrogens with two attached hydrogens (primary N) is 2. The number of hydrazine groups is 1. The molecule has 2 aromatic rings. The van der Waals surface area contributed by atoms with Gasteiger partial charge in [0.05, 0.1) is 40.8 Å². The zero-order valence-electron chi connectivity index (χ0n) is 17.9. The van der Waals surface area contributed by atoms with Crippen LogP contribution >= 0.6 is 0 Å². The molecule has 0 aromatic carbocycles. The average Bonchev–Trinajstić information content (AvgIpc) is 3.17. The van der Waals surface area contributed by atoms with Gasteiger partial charge in [0.1, 0.15) is 12.3 Å². The Kier molecular flexibility index (Phi) is 6.74. The van der Waals surface area contributed by atoms with Gasteiger partial charge < -0.3 is 15.5 Å². The van der Waals surface area contributed by atoms with E-state index in [-0.39, 0.29) is 6.10 Å². The maximum atomic E-state index is 6.44. The van der Waals surface area contributed by atoms with E-state index in [1.165, 1.54) is 24.3 Å². The Labute approximate surface area is 172 Å². The smallest absolute Gasteiger partial charge is 0.140 e. The molecule has 1 aliphatic rings. The third-order valence-electron chi connectivity index (χ3n) is 5.33. The molecule has 8 heteroatoms. The second-order valence-corrected chi connectivity index (χ2v) is 8.08. The van der Waals surface area contributed by atoms with Crippen molar-refractivity contribution in [1.29, 1.82) is 0 Å². The summed E-state index contributed by atoms with van der Waals surface area (Å²) in [6.45, 7) is 6.48. The molecular formula is C21H33N7O. The highest BCUT2D eigenvalue weighted by Gasteiger charge is 2.18. The SMILES string of the molecule is Cc1nc(/C(N)=C(\Cn2ncc(C(C)C)n2)N(C)N)ccc1OC1CCCCC1. The molecule has 0 saturated heterocycles. The van der Waals surface area contributed by atoms with Gasteiger partial charge in [-0.2, -0.15) is 15.0 Å². The highest BCUT2D eigenvalue weighted by molar-refractivity contribution is 5.63. The fraction of sp³-hybridized carbons (Fsp3) is 0.571. The average molecular weight is 400 g/mol. The van der Waals surface area contributed by atoms with Crippen LogP contribution in [0.15, 0.2) is 24.0 Å². The number of nitrogens with zero attached hydrogens (tertiary/aromatic N) is 5. The van der Waals surface area contributed by atoms with Gasteiger partial charge in [0, 0.05) is 7.05 Å². The summed E-state index contributed by atoms with van der Waals surface area (Å²) >= 11 is 0. The van der Waals surface area contributed by atoms with E-state index in [0.29, 0.717) is 29.6 Å². The number of hydrogen-bond acceptors (Lipinski definition) is 7. The quantitative estimate of drug-likeness (QED) is 0.544. The molecular weight excluding hydrogens is 366 g/mol. The molecule has 3 rings (SSSR count). The van der Waals surface area contributed by atoms with Crippen LogP contribution in [0.1, 0.15) is 69.0 Å². The first-order chi connectivity index (χ1) is 13.8. The molecule has 0 radical (unpaired) electrons. The number of ether oxygens (including phenoxy) is 1. The minimum absolute atomic E-state index is 0.287. The third kappa shape index (κ3) is 5.26. The Morgan fingerprint density at radius 3 is 2.59 bits per heavy atom. The first kappa shape index (κ1) is 21.1. The van der Waals surface area contributed by atoms with Crippen LogP contribution in [0.25, 0.3) is 5.70 Å². The highest BCUT2D eigenvalue weighted by Crippen LogP contribution is 2.26. The molecule has 4 N–H and O–H groups in total. The lowest BCUT2D eigenvalue weighted by Crippen LogP contribution is -2.31. The largest absolute Gasteiger partial charge is 0.489 e. The number of rotatable bonds is 7. The van der Waals surface area contributed by atoms with Crippen LogP contribution < -0.4 is 16.3 Å². The molecule has 0 atom stereocenters. The Morgan fingerprint density at radius 1 is 1.28 bits per heavy atom. The lowest BCUT2D eigenvalue weighted by molar-refractivity contribution is 0.153. The Balaban J connectivity index is 1.81. The van der Waals surface area contributed by atoms with Crippen LogP contribution in [0, 0.1) is 6.92 Å². The molecule has 2 heterocycles. The summed E-state index contributed by atoms with van der Waals surface area (Å²) in [6, 6.07) is 3.84. The van der Waals surface area contributed by atoms with E-state index < -0.39 is 0 Å². The second kappa shape index (κ2) is 9.26. The van der Waals surface area contributed by atoms with E-state index in [9.17, 15) is 0 Å². The summed E-state index contributed by atoms with van der Waals surface area (Å²) in [5.74, 6) is 7.19. The van der Waals surface area contributed by atoms with Crippen molar-refractivity contribution in [3.63, 3.8) is 0 Å². The number of aryl methyl sites for hydroxylation is 1. The van der Waals surface area contributed by atoms with Crippen molar-refractivity contribution in [3.8, 4) is 5.75 Å². The van der Waals surface area contributed by atoms with E-state index in [0.717, 1.165) is 30.0 Å². The summed E-state index contributed by atoms with van der Waals surface area (Å²) in [5.41, 5.74) is 10.1. The summed E-state index contributed by atoms with van der Waals surface area (Å²) < 4.78 is 6.17. The number of likely N-dealkylation sites (N-methyl/N-ethyl adjacent to an activating group) is 1. The minimum atomic E-state index is 0.287. The van der Waals surface area contributed by atoms with Crippen LogP contribution in [0.4, 0.5) is 0 Å². The number of hydrogen-bond donors (Lipinski definition) is 2. The molecule has 0 unspecified atom stereocenters. The fourth-order valence-electron chi connectivity index (χ4n) is 3.51. The highest BCUT2D eigenvalue weighted by atomic mass is 16.5. The second-order valence-electron chi connectivity index (χ2n) is 8.08. The summed E-state index contributed by atoms with van der Waals surface area (Å²) in [5, 5.41) is 10.3. The standard InChI is InChI=1S/C21H33N7O/c1-14(2)18-12-24-28(26-18)13-19(27(4)23)21(22)17-10-11-20(15(3)25-17)29-16-8-6-5-7-9-16/h10-12,14,16H,5-9,13,22-23H2,1-4H3/b21-19-. The topological polar surface area (TPSA) is 108 Å². The predicted molar refractivity (Wildman–Crippen MR) is 114 cm³/mol. The van der Waals surface area contributed by atoms with Crippen molar-refractivity contribution < 1.29 is 4.74 Å². The molecule has 1 fully saturated rings. The lowest BCUT2D eigenvalue weighted by Gasteiger charge is -2.24. The molecule has 8 nitrogen and oxygen atoms in total. The molecule has 1 aliphatic carbocycles. The van der Waals surface area contributed by atoms with Crippen molar-refractivity contribution in [2.24, 2.45) is 11.6 Å². The van der Waals surface area contributed by atoms with Crippen molar-refractivity contribution in [1.82, 2.24) is 25.0 Å². The van der Waals surface area contributed by atoms with E-state index in [4.69, 9.17) is 16.3 Å². The summed E-state index contributed by atoms with van der Waals surface area (Å²) in [4.78, 5) is 6.28. The predicted octanol–water partition coefficient (Wildman–Crippen LogP) is 2.95. The normalized spacial score (nSPS) is 16.1. The zero-order chi connectivity index (χ0) is 21.0. The van der Waals surface area contributed by atoms with Gasteiger partial charge in [-0.1, -0.05) is 20.3 Å².